The highest BCUT2D eigenvalue weighted by Gasteiger charge is 2.19. The Morgan fingerprint density at radius 1 is 1.14 bits per heavy atom. The van der Waals surface area contributed by atoms with Gasteiger partial charge in [-0.05, 0) is 13.8 Å². The summed E-state index contributed by atoms with van der Waals surface area (Å²) in [4.78, 5) is 12.7. The number of aromatic nitrogens is 3. The lowest BCUT2D eigenvalue weighted by atomic mass is 10.1. The third kappa shape index (κ3) is 1.87. The fourth-order valence-electron chi connectivity index (χ4n) is 2.94. The molecule has 0 N–H and O–H groups in total. The molecule has 1 aromatic carbocycles. The minimum absolute atomic E-state index is 0.0842. The van der Waals surface area contributed by atoms with Crippen molar-refractivity contribution in [2.75, 3.05) is 14.2 Å². The van der Waals surface area contributed by atoms with Gasteiger partial charge >= 0.3 is 0 Å². The molecule has 2 aromatic heterocycles. The molecule has 0 aliphatic heterocycles. The number of aryl methyl sites for hydroxylation is 2. The first-order valence-electron chi connectivity index (χ1n) is 7.30. The van der Waals surface area contributed by atoms with Crippen molar-refractivity contribution in [1.29, 1.82) is 0 Å². The minimum atomic E-state index is -0.0842. The normalized spacial score (nSPS) is 11.3. The Morgan fingerprint density at radius 3 is 2.50 bits per heavy atom. The van der Waals surface area contributed by atoms with Gasteiger partial charge in [0.05, 0.1) is 31.3 Å². The van der Waals surface area contributed by atoms with E-state index in [1.54, 1.807) is 20.4 Å². The van der Waals surface area contributed by atoms with Crippen LogP contribution in [0, 0.1) is 0 Å². The molecule has 0 spiro atoms. The summed E-state index contributed by atoms with van der Waals surface area (Å²) in [6.45, 7) is 5.14. The van der Waals surface area contributed by atoms with Crippen LogP contribution in [-0.2, 0) is 13.1 Å². The number of ether oxygens (including phenoxy) is 2. The lowest BCUT2D eigenvalue weighted by Crippen LogP contribution is -2.23. The third-order valence-electron chi connectivity index (χ3n) is 3.97. The van der Waals surface area contributed by atoms with Crippen molar-refractivity contribution in [3.8, 4) is 11.5 Å². The van der Waals surface area contributed by atoms with Crippen LogP contribution in [0.1, 0.15) is 13.8 Å². The zero-order valence-corrected chi connectivity index (χ0v) is 13.2. The summed E-state index contributed by atoms with van der Waals surface area (Å²) in [7, 11) is 3.23. The van der Waals surface area contributed by atoms with Crippen molar-refractivity contribution in [2.24, 2.45) is 0 Å². The molecular weight excluding hydrogens is 282 g/mol. The number of hydrogen-bond acceptors (Lipinski definition) is 4. The van der Waals surface area contributed by atoms with Gasteiger partial charge in [-0.25, -0.2) is 4.68 Å². The Labute approximate surface area is 127 Å². The molecule has 22 heavy (non-hydrogen) atoms. The van der Waals surface area contributed by atoms with E-state index in [2.05, 4.69) is 5.10 Å². The van der Waals surface area contributed by atoms with Crippen molar-refractivity contribution in [3.63, 3.8) is 0 Å². The summed E-state index contributed by atoms with van der Waals surface area (Å²) in [5, 5.41) is 5.95. The molecule has 0 saturated carbocycles. The van der Waals surface area contributed by atoms with Gasteiger partial charge in [0.2, 0.25) is 0 Å². The average molecular weight is 301 g/mol. The van der Waals surface area contributed by atoms with Gasteiger partial charge in [0.15, 0.2) is 0 Å². The van der Waals surface area contributed by atoms with Gasteiger partial charge < -0.3 is 14.0 Å². The molecule has 0 bridgehead atoms. The maximum absolute atomic E-state index is 12.7. The first-order valence-corrected chi connectivity index (χ1v) is 7.30. The lowest BCUT2D eigenvalue weighted by Gasteiger charge is -2.08. The van der Waals surface area contributed by atoms with E-state index in [1.165, 1.54) is 4.68 Å². The molecule has 0 unspecified atom stereocenters. The van der Waals surface area contributed by atoms with Gasteiger partial charge in [0, 0.05) is 30.6 Å². The number of hydrogen-bond donors (Lipinski definition) is 0. The highest BCUT2D eigenvalue weighted by molar-refractivity contribution is 6.11. The fraction of sp³-hybridized carbons (Fsp3) is 0.375. The predicted octanol–water partition coefficient (Wildman–Crippen LogP) is 2.41. The van der Waals surface area contributed by atoms with E-state index in [0.29, 0.717) is 30.1 Å². The zero-order chi connectivity index (χ0) is 15.9. The fourth-order valence-corrected chi connectivity index (χ4v) is 2.94. The van der Waals surface area contributed by atoms with Gasteiger partial charge in [0.1, 0.15) is 17.0 Å². The summed E-state index contributed by atoms with van der Waals surface area (Å²) in [6.07, 6.45) is 1.74. The Hall–Kier alpha value is -2.50. The molecule has 3 rings (SSSR count). The summed E-state index contributed by atoms with van der Waals surface area (Å²) in [5.74, 6) is 1.38. The van der Waals surface area contributed by atoms with Crippen molar-refractivity contribution < 1.29 is 9.47 Å². The van der Waals surface area contributed by atoms with Gasteiger partial charge in [-0.1, -0.05) is 0 Å². The highest BCUT2D eigenvalue weighted by Crippen LogP contribution is 2.37. The third-order valence-corrected chi connectivity index (χ3v) is 3.97. The van der Waals surface area contributed by atoms with Crippen LogP contribution in [0.15, 0.2) is 23.1 Å². The van der Waals surface area contributed by atoms with Crippen LogP contribution < -0.4 is 15.0 Å². The number of methoxy groups -OCH3 is 2. The summed E-state index contributed by atoms with van der Waals surface area (Å²) < 4.78 is 14.3. The van der Waals surface area contributed by atoms with Gasteiger partial charge in [-0.3, -0.25) is 4.79 Å². The SMILES string of the molecule is CCn1ncc2c3c(OC)cc(OC)cc3n(CC)c2c1=O. The van der Waals surface area contributed by atoms with Crippen LogP contribution in [0.2, 0.25) is 0 Å². The van der Waals surface area contributed by atoms with Crippen LogP contribution >= 0.6 is 0 Å². The highest BCUT2D eigenvalue weighted by atomic mass is 16.5. The largest absolute Gasteiger partial charge is 0.497 e. The van der Waals surface area contributed by atoms with E-state index in [-0.39, 0.29) is 5.56 Å². The smallest absolute Gasteiger partial charge is 0.291 e. The van der Waals surface area contributed by atoms with E-state index < -0.39 is 0 Å². The van der Waals surface area contributed by atoms with Crippen molar-refractivity contribution in [3.05, 3.63) is 28.7 Å². The van der Waals surface area contributed by atoms with Crippen molar-refractivity contribution in [1.82, 2.24) is 14.3 Å². The number of rotatable bonds is 4. The molecule has 116 valence electrons. The monoisotopic (exact) mass is 301 g/mol. The van der Waals surface area contributed by atoms with E-state index in [4.69, 9.17) is 9.47 Å². The molecule has 0 radical (unpaired) electrons. The Balaban J connectivity index is 2.58. The Bertz CT molecular complexity index is 909. The second-order valence-electron chi connectivity index (χ2n) is 5.00. The molecular formula is C16H19N3O3. The molecule has 0 fully saturated rings. The molecule has 0 atom stereocenters. The number of fused-ring (bicyclic) bond motifs is 3. The molecule has 3 aromatic rings. The average Bonchev–Trinajstić information content (AvgIpc) is 2.88. The van der Waals surface area contributed by atoms with Crippen LogP contribution in [0.4, 0.5) is 0 Å². The minimum Gasteiger partial charge on any atom is -0.497 e. The second-order valence-corrected chi connectivity index (χ2v) is 5.00. The van der Waals surface area contributed by atoms with E-state index in [0.717, 1.165) is 16.3 Å². The quantitative estimate of drug-likeness (QED) is 0.742. The van der Waals surface area contributed by atoms with E-state index in [1.807, 2.05) is 30.5 Å². The molecule has 0 aliphatic carbocycles. The second kappa shape index (κ2) is 5.36. The van der Waals surface area contributed by atoms with Crippen LogP contribution in [-0.4, -0.2) is 28.6 Å². The van der Waals surface area contributed by atoms with E-state index >= 15 is 0 Å². The van der Waals surface area contributed by atoms with Crippen LogP contribution in [0.3, 0.4) is 0 Å². The maximum Gasteiger partial charge on any atom is 0.291 e. The molecule has 2 heterocycles. The van der Waals surface area contributed by atoms with Crippen molar-refractivity contribution in [2.45, 2.75) is 26.9 Å². The predicted molar refractivity (Wildman–Crippen MR) is 86.0 cm³/mol. The summed E-state index contributed by atoms with van der Waals surface area (Å²) in [5.41, 5.74) is 1.49. The van der Waals surface area contributed by atoms with E-state index in [9.17, 15) is 4.79 Å². The number of benzene rings is 1. The Morgan fingerprint density at radius 2 is 1.91 bits per heavy atom. The lowest BCUT2D eigenvalue weighted by molar-refractivity contribution is 0.398. The van der Waals surface area contributed by atoms with Gasteiger partial charge in [0.25, 0.3) is 5.56 Å². The molecule has 0 saturated heterocycles. The summed E-state index contributed by atoms with van der Waals surface area (Å²) >= 11 is 0. The first kappa shape index (κ1) is 14.4. The Kier molecular flexibility index (Phi) is 3.52. The van der Waals surface area contributed by atoms with Crippen LogP contribution in [0.25, 0.3) is 21.8 Å². The molecule has 6 nitrogen and oxygen atoms in total. The van der Waals surface area contributed by atoms with Gasteiger partial charge in [-0.2, -0.15) is 5.10 Å². The molecule has 0 aliphatic rings. The van der Waals surface area contributed by atoms with Crippen LogP contribution in [0.5, 0.6) is 11.5 Å². The summed E-state index contributed by atoms with van der Waals surface area (Å²) in [6, 6.07) is 3.75. The topological polar surface area (TPSA) is 58.3 Å². The standard InChI is InChI=1S/C16H19N3O3/c1-5-18-12-7-10(21-3)8-13(22-4)14(12)11-9-17-19(6-2)16(20)15(11)18/h7-9H,5-6H2,1-4H3. The number of nitrogens with zero attached hydrogens (tertiary/aromatic N) is 3. The maximum atomic E-state index is 12.7. The van der Waals surface area contributed by atoms with Gasteiger partial charge in [-0.15, -0.1) is 0 Å². The molecule has 0 amide bonds. The zero-order valence-electron chi connectivity index (χ0n) is 13.2. The molecule has 6 heteroatoms. The van der Waals surface area contributed by atoms with Crippen molar-refractivity contribution >= 4 is 21.8 Å². The first-order chi connectivity index (χ1) is 10.7.